The molecule has 5 atom stereocenters. The molecule has 2 aliphatic rings. The third-order valence-corrected chi connectivity index (χ3v) is 6.11. The van der Waals surface area contributed by atoms with Gasteiger partial charge in [0.1, 0.15) is 0 Å². The average Bonchev–Trinajstić information content (AvgIpc) is 3.43. The van der Waals surface area contributed by atoms with Crippen LogP contribution in [-0.2, 0) is 0 Å². The predicted molar refractivity (Wildman–Crippen MR) is 131 cm³/mol. The van der Waals surface area contributed by atoms with E-state index >= 15 is 0 Å². The minimum atomic E-state index is 0.679. The fourth-order valence-electron chi connectivity index (χ4n) is 4.01. The van der Waals surface area contributed by atoms with Crippen molar-refractivity contribution >= 4 is 0 Å². The molecule has 27 heavy (non-hydrogen) atoms. The monoisotopic (exact) mass is 384 g/mol. The van der Waals surface area contributed by atoms with Gasteiger partial charge >= 0.3 is 0 Å². The van der Waals surface area contributed by atoms with Crippen LogP contribution in [0.25, 0.3) is 0 Å². The van der Waals surface area contributed by atoms with Gasteiger partial charge in [-0.2, -0.15) is 0 Å². The Balaban J connectivity index is -0.000000441. The molecule has 2 saturated carbocycles. The van der Waals surface area contributed by atoms with Crippen LogP contribution in [0.3, 0.4) is 0 Å². The third-order valence-electron chi connectivity index (χ3n) is 6.11. The van der Waals surface area contributed by atoms with Crippen molar-refractivity contribution in [2.45, 2.75) is 147 Å². The first-order valence-electron chi connectivity index (χ1n) is 12.9. The van der Waals surface area contributed by atoms with Gasteiger partial charge in [0.25, 0.3) is 0 Å². The molecule has 0 aromatic rings. The van der Waals surface area contributed by atoms with E-state index in [0.717, 1.165) is 23.7 Å². The second-order valence-corrected chi connectivity index (χ2v) is 8.94. The van der Waals surface area contributed by atoms with E-state index in [2.05, 4.69) is 55.4 Å². The van der Waals surface area contributed by atoms with E-state index < -0.39 is 0 Å². The van der Waals surface area contributed by atoms with Crippen molar-refractivity contribution in [3.63, 3.8) is 0 Å². The van der Waals surface area contributed by atoms with Gasteiger partial charge in [0, 0.05) is 0 Å². The Morgan fingerprint density at radius 2 is 1.30 bits per heavy atom. The summed E-state index contributed by atoms with van der Waals surface area (Å²) in [6.45, 7) is 26.4. The second-order valence-electron chi connectivity index (χ2n) is 8.94. The van der Waals surface area contributed by atoms with Crippen molar-refractivity contribution in [1.82, 2.24) is 0 Å². The van der Waals surface area contributed by atoms with Gasteiger partial charge in [-0.25, -0.2) is 0 Å². The van der Waals surface area contributed by atoms with Crippen molar-refractivity contribution in [3.05, 3.63) is 0 Å². The number of hydrogen-bond donors (Lipinski definition) is 0. The Hall–Kier alpha value is 0. The maximum atomic E-state index is 2.58. The summed E-state index contributed by atoms with van der Waals surface area (Å²) in [5.74, 6) is 4.10. The molecular weight excluding hydrogens is 324 g/mol. The number of hydrogen-bond acceptors (Lipinski definition) is 0. The molecule has 0 amide bonds. The van der Waals surface area contributed by atoms with Gasteiger partial charge in [-0.3, -0.25) is 0 Å². The molecule has 0 radical (unpaired) electrons. The lowest BCUT2D eigenvalue weighted by atomic mass is 9.72. The van der Waals surface area contributed by atoms with Gasteiger partial charge in [0.05, 0.1) is 0 Å². The topological polar surface area (TPSA) is 0 Å². The molecule has 0 heterocycles. The third kappa shape index (κ3) is 16.6. The van der Waals surface area contributed by atoms with Gasteiger partial charge in [0.2, 0.25) is 0 Å². The minimum Gasteiger partial charge on any atom is -0.0683 e. The van der Waals surface area contributed by atoms with Crippen LogP contribution in [0.2, 0.25) is 0 Å². The minimum absolute atomic E-state index is 0.679. The van der Waals surface area contributed by atoms with Crippen molar-refractivity contribution in [1.29, 1.82) is 0 Å². The van der Waals surface area contributed by atoms with Crippen LogP contribution in [0.4, 0.5) is 0 Å². The van der Waals surface area contributed by atoms with E-state index in [4.69, 9.17) is 0 Å². The molecule has 0 aromatic carbocycles. The van der Waals surface area contributed by atoms with Gasteiger partial charge < -0.3 is 0 Å². The maximum absolute atomic E-state index is 2.58. The van der Waals surface area contributed by atoms with Crippen molar-refractivity contribution in [3.8, 4) is 0 Å². The lowest BCUT2D eigenvalue weighted by Crippen LogP contribution is -2.23. The predicted octanol–water partition coefficient (Wildman–Crippen LogP) is 10.6. The van der Waals surface area contributed by atoms with E-state index in [9.17, 15) is 0 Å². The summed E-state index contributed by atoms with van der Waals surface area (Å²) in [7, 11) is 0. The van der Waals surface area contributed by atoms with Crippen LogP contribution < -0.4 is 0 Å². The van der Waals surface area contributed by atoms with Crippen LogP contribution >= 0.6 is 0 Å². The fraction of sp³-hybridized carbons (Fsp3) is 1.00. The van der Waals surface area contributed by atoms with Gasteiger partial charge in [-0.1, -0.05) is 122 Å². The van der Waals surface area contributed by atoms with Crippen LogP contribution in [-0.4, -0.2) is 0 Å². The lowest BCUT2D eigenvalue weighted by molar-refractivity contribution is 0.173. The molecule has 2 aliphatic carbocycles. The van der Waals surface area contributed by atoms with Gasteiger partial charge in [-0.05, 0) is 54.8 Å². The van der Waals surface area contributed by atoms with Crippen molar-refractivity contribution in [2.24, 2.45) is 29.1 Å². The first kappa shape index (κ1) is 31.7. The first-order chi connectivity index (χ1) is 12.9. The molecule has 2 rings (SSSR count). The SMILES string of the molecule is CC.CC.CCC.CCC(C)C(C)CC1(C)CCCC2CC2C1.CCCC. The van der Waals surface area contributed by atoms with Crippen LogP contribution in [0, 0.1) is 29.1 Å². The zero-order valence-corrected chi connectivity index (χ0v) is 21.9. The van der Waals surface area contributed by atoms with Crippen LogP contribution in [0.1, 0.15) is 147 Å². The smallest absolute Gasteiger partial charge is 0.0320 e. The molecule has 5 unspecified atom stereocenters. The Bertz CT molecular complexity index is 267. The van der Waals surface area contributed by atoms with Gasteiger partial charge in [-0.15, -0.1) is 0 Å². The fourth-order valence-corrected chi connectivity index (χ4v) is 4.01. The summed E-state index contributed by atoms with van der Waals surface area (Å²) in [5.41, 5.74) is 0.679. The molecule has 0 bridgehead atoms. The highest BCUT2D eigenvalue weighted by Gasteiger charge is 2.44. The van der Waals surface area contributed by atoms with E-state index in [-0.39, 0.29) is 0 Å². The molecule has 0 aliphatic heterocycles. The van der Waals surface area contributed by atoms with E-state index in [0.29, 0.717) is 5.41 Å². The summed E-state index contributed by atoms with van der Waals surface area (Å²) in [6.07, 6.45) is 14.4. The molecular formula is C27H60. The Morgan fingerprint density at radius 1 is 0.815 bits per heavy atom. The van der Waals surface area contributed by atoms with Crippen LogP contribution in [0.15, 0.2) is 0 Å². The van der Waals surface area contributed by atoms with E-state index in [1.54, 1.807) is 12.8 Å². The highest BCUT2D eigenvalue weighted by Crippen LogP contribution is 2.55. The molecule has 0 N–H and O–H groups in total. The molecule has 0 aromatic heterocycles. The van der Waals surface area contributed by atoms with Gasteiger partial charge in [0.15, 0.2) is 0 Å². The molecule has 0 nitrogen and oxygen atoms in total. The van der Waals surface area contributed by atoms with Crippen molar-refractivity contribution in [2.75, 3.05) is 0 Å². The number of unbranched alkanes of at least 4 members (excludes halogenated alkanes) is 1. The summed E-state index contributed by atoms with van der Waals surface area (Å²) in [4.78, 5) is 0. The number of fused-ring (bicyclic) bond motifs is 1. The standard InChI is InChI=1S/C16H30.C4H10.C3H8.2C2H6/c1-5-12(2)13(3)10-16(4)8-6-7-14-9-15(14)11-16;1-3-4-2;1-3-2;2*1-2/h12-15H,5-11H2,1-4H3;3-4H2,1-2H3;3H2,1-2H3;2*1-2H3. The lowest BCUT2D eigenvalue weighted by Gasteiger charge is -2.34. The molecule has 0 heteroatoms. The molecule has 168 valence electrons. The molecule has 0 spiro atoms. The zero-order chi connectivity index (χ0) is 21.9. The first-order valence-corrected chi connectivity index (χ1v) is 12.9. The summed E-state index contributed by atoms with van der Waals surface area (Å²) in [6, 6.07) is 0. The highest BCUT2D eigenvalue weighted by molar-refractivity contribution is 4.95. The average molecular weight is 385 g/mol. The summed E-state index contributed by atoms with van der Waals surface area (Å²) in [5, 5.41) is 0. The summed E-state index contributed by atoms with van der Waals surface area (Å²) < 4.78 is 0. The Labute approximate surface area is 176 Å². The Kier molecular flexibility index (Phi) is 24.3. The van der Waals surface area contributed by atoms with Crippen molar-refractivity contribution < 1.29 is 0 Å². The van der Waals surface area contributed by atoms with Crippen LogP contribution in [0.5, 0.6) is 0 Å². The van der Waals surface area contributed by atoms with E-state index in [1.807, 2.05) is 27.7 Å². The maximum Gasteiger partial charge on any atom is -0.0320 e. The number of rotatable bonds is 5. The normalized spacial score (nSPS) is 27.1. The summed E-state index contributed by atoms with van der Waals surface area (Å²) >= 11 is 0. The quantitative estimate of drug-likeness (QED) is 0.442. The second kappa shape index (κ2) is 20.7. The molecule has 2 fully saturated rings. The Morgan fingerprint density at radius 3 is 1.70 bits per heavy atom. The van der Waals surface area contributed by atoms with E-state index in [1.165, 1.54) is 51.4 Å². The highest BCUT2D eigenvalue weighted by atomic mass is 14.5. The zero-order valence-electron chi connectivity index (χ0n) is 21.9. The largest absolute Gasteiger partial charge is 0.0683 e. The molecule has 0 saturated heterocycles.